The lowest BCUT2D eigenvalue weighted by Crippen LogP contribution is -2.56. The Bertz CT molecular complexity index is 1180. The highest BCUT2D eigenvalue weighted by molar-refractivity contribution is 5.79. The number of allylic oxidation sites excluding steroid dienone is 1. The highest BCUT2D eigenvalue weighted by atomic mass is 19.4. The minimum absolute atomic E-state index is 0.295. The predicted octanol–water partition coefficient (Wildman–Crippen LogP) is 4.78. The molecule has 0 aliphatic heterocycles. The Labute approximate surface area is 171 Å². The van der Waals surface area contributed by atoms with E-state index >= 15 is 0 Å². The van der Waals surface area contributed by atoms with Crippen LogP contribution in [0.5, 0.6) is 0 Å². The molecule has 4 rings (SSSR count). The van der Waals surface area contributed by atoms with Crippen molar-refractivity contribution in [2.45, 2.75) is 37.6 Å². The van der Waals surface area contributed by atoms with Crippen molar-refractivity contribution in [2.75, 3.05) is 5.43 Å². The summed E-state index contributed by atoms with van der Waals surface area (Å²) in [6.07, 6.45) is -3.27. The number of aromatic nitrogens is 1. The highest BCUT2D eigenvalue weighted by Crippen LogP contribution is 2.51. The SMILES string of the molecule is CCC=C1CC(O)(C(F)(F)F)C(Nn2c(=O)ccc3ccccc32)c2ccccc21. The first kappa shape index (κ1) is 20.2. The smallest absolute Gasteiger partial charge is 0.378 e. The Balaban J connectivity index is 1.95. The first-order valence-corrected chi connectivity index (χ1v) is 9.71. The van der Waals surface area contributed by atoms with Crippen LogP contribution >= 0.6 is 0 Å². The van der Waals surface area contributed by atoms with Gasteiger partial charge in [-0.05, 0) is 35.3 Å². The Morgan fingerprint density at radius 1 is 1.13 bits per heavy atom. The summed E-state index contributed by atoms with van der Waals surface area (Å²) in [6.45, 7) is 1.84. The van der Waals surface area contributed by atoms with E-state index in [9.17, 15) is 23.1 Å². The standard InChI is InChI=1S/C23H21F3N2O2/c1-2-7-16-14-22(30,23(24,25)26)21(18-10-5-4-9-17(16)18)27-28-19-11-6-3-8-15(19)12-13-20(28)29/h3-13,21,27,30H,2,14H2,1H3. The van der Waals surface area contributed by atoms with Gasteiger partial charge in [-0.25, -0.2) is 4.68 Å². The van der Waals surface area contributed by atoms with Gasteiger partial charge in [0.2, 0.25) is 0 Å². The van der Waals surface area contributed by atoms with Gasteiger partial charge in [0.25, 0.3) is 5.56 Å². The van der Waals surface area contributed by atoms with E-state index in [1.54, 1.807) is 60.7 Å². The highest BCUT2D eigenvalue weighted by Gasteiger charge is 2.61. The Morgan fingerprint density at radius 2 is 1.83 bits per heavy atom. The van der Waals surface area contributed by atoms with Crippen molar-refractivity contribution in [3.05, 3.63) is 88.2 Å². The number of rotatable bonds is 3. The third-order valence-electron chi connectivity index (χ3n) is 5.56. The number of para-hydroxylation sites is 1. The van der Waals surface area contributed by atoms with Crippen LogP contribution in [-0.2, 0) is 0 Å². The van der Waals surface area contributed by atoms with Gasteiger partial charge in [0.05, 0.1) is 5.52 Å². The molecule has 30 heavy (non-hydrogen) atoms. The van der Waals surface area contributed by atoms with Crippen LogP contribution < -0.4 is 11.0 Å². The molecule has 0 spiro atoms. The molecular weight excluding hydrogens is 393 g/mol. The number of alkyl halides is 3. The van der Waals surface area contributed by atoms with E-state index in [0.29, 0.717) is 34.0 Å². The molecule has 0 fully saturated rings. The number of halogens is 3. The van der Waals surface area contributed by atoms with Crippen LogP contribution in [0.1, 0.15) is 36.9 Å². The summed E-state index contributed by atoms with van der Waals surface area (Å²) < 4.78 is 43.7. The molecule has 0 saturated heterocycles. The first-order chi connectivity index (χ1) is 14.3. The maximum Gasteiger partial charge on any atom is 0.419 e. The van der Waals surface area contributed by atoms with Gasteiger partial charge in [-0.1, -0.05) is 55.5 Å². The molecule has 0 bridgehead atoms. The summed E-state index contributed by atoms with van der Waals surface area (Å²) in [4.78, 5) is 12.6. The molecule has 1 heterocycles. The maximum absolute atomic E-state index is 14.2. The number of aliphatic hydroxyl groups is 1. The van der Waals surface area contributed by atoms with Crippen molar-refractivity contribution in [1.29, 1.82) is 0 Å². The van der Waals surface area contributed by atoms with Gasteiger partial charge < -0.3 is 10.5 Å². The van der Waals surface area contributed by atoms with Crippen molar-refractivity contribution < 1.29 is 18.3 Å². The van der Waals surface area contributed by atoms with E-state index < -0.39 is 29.8 Å². The molecule has 2 unspecified atom stereocenters. The van der Waals surface area contributed by atoms with Gasteiger partial charge in [0, 0.05) is 17.9 Å². The Kier molecular flexibility index (Phi) is 4.94. The zero-order chi connectivity index (χ0) is 21.5. The van der Waals surface area contributed by atoms with Gasteiger partial charge in [0.1, 0.15) is 6.04 Å². The summed E-state index contributed by atoms with van der Waals surface area (Å²) in [6, 6.07) is 14.9. The largest absolute Gasteiger partial charge is 0.419 e. The number of benzene rings is 2. The van der Waals surface area contributed by atoms with Crippen LogP contribution in [0.25, 0.3) is 16.5 Å². The van der Waals surface area contributed by atoms with Crippen molar-refractivity contribution in [3.63, 3.8) is 0 Å². The van der Waals surface area contributed by atoms with Crippen LogP contribution in [0.15, 0.2) is 71.5 Å². The number of hydrogen-bond donors (Lipinski definition) is 2. The summed E-state index contributed by atoms with van der Waals surface area (Å²) in [7, 11) is 0. The Morgan fingerprint density at radius 3 is 2.57 bits per heavy atom. The lowest BCUT2D eigenvalue weighted by atomic mass is 9.73. The van der Waals surface area contributed by atoms with Gasteiger partial charge >= 0.3 is 6.18 Å². The molecule has 0 saturated carbocycles. The minimum atomic E-state index is -4.92. The molecule has 3 aromatic rings. The van der Waals surface area contributed by atoms with Crippen LogP contribution in [0, 0.1) is 0 Å². The van der Waals surface area contributed by atoms with Gasteiger partial charge in [-0.15, -0.1) is 0 Å². The van der Waals surface area contributed by atoms with Crippen molar-refractivity contribution in [2.24, 2.45) is 0 Å². The summed E-state index contributed by atoms with van der Waals surface area (Å²) in [5.74, 6) is 0. The number of pyridine rings is 1. The van der Waals surface area contributed by atoms with Gasteiger partial charge in [-0.3, -0.25) is 4.79 Å². The molecule has 7 heteroatoms. The van der Waals surface area contributed by atoms with E-state index in [0.717, 1.165) is 4.68 Å². The zero-order valence-corrected chi connectivity index (χ0v) is 16.3. The third-order valence-corrected chi connectivity index (χ3v) is 5.56. The Hall–Kier alpha value is -3.06. The molecule has 4 nitrogen and oxygen atoms in total. The fourth-order valence-electron chi connectivity index (χ4n) is 4.10. The van der Waals surface area contributed by atoms with E-state index in [1.807, 2.05) is 6.92 Å². The molecule has 2 N–H and O–H groups in total. The van der Waals surface area contributed by atoms with Crippen molar-refractivity contribution in [3.8, 4) is 0 Å². The quantitative estimate of drug-likeness (QED) is 0.649. The number of hydrogen-bond acceptors (Lipinski definition) is 3. The summed E-state index contributed by atoms with van der Waals surface area (Å²) in [5, 5.41) is 11.7. The second-order valence-corrected chi connectivity index (χ2v) is 7.45. The molecule has 2 aromatic carbocycles. The zero-order valence-electron chi connectivity index (χ0n) is 16.3. The molecule has 2 atom stereocenters. The second-order valence-electron chi connectivity index (χ2n) is 7.45. The second kappa shape index (κ2) is 7.32. The molecule has 1 aliphatic carbocycles. The van der Waals surface area contributed by atoms with E-state index in [1.165, 1.54) is 6.07 Å². The maximum atomic E-state index is 14.2. The molecule has 1 aliphatic rings. The predicted molar refractivity (Wildman–Crippen MR) is 111 cm³/mol. The summed E-state index contributed by atoms with van der Waals surface area (Å²) in [5.41, 5.74) is 0.928. The average molecular weight is 414 g/mol. The van der Waals surface area contributed by atoms with Gasteiger partial charge in [-0.2, -0.15) is 13.2 Å². The van der Waals surface area contributed by atoms with Crippen LogP contribution in [0.4, 0.5) is 13.2 Å². The molecule has 0 amide bonds. The van der Waals surface area contributed by atoms with E-state index in [-0.39, 0.29) is 0 Å². The molecule has 0 radical (unpaired) electrons. The van der Waals surface area contributed by atoms with Crippen LogP contribution in [0.3, 0.4) is 0 Å². The fraction of sp³-hybridized carbons (Fsp3) is 0.261. The van der Waals surface area contributed by atoms with E-state index in [4.69, 9.17) is 0 Å². The van der Waals surface area contributed by atoms with E-state index in [2.05, 4.69) is 5.43 Å². The fourth-order valence-corrected chi connectivity index (χ4v) is 4.10. The third kappa shape index (κ3) is 3.19. The lowest BCUT2D eigenvalue weighted by Gasteiger charge is -2.43. The molecular formula is C23H21F3N2O2. The van der Waals surface area contributed by atoms with Crippen molar-refractivity contribution >= 4 is 16.5 Å². The van der Waals surface area contributed by atoms with Crippen LogP contribution in [0.2, 0.25) is 0 Å². The number of nitrogens with one attached hydrogen (secondary N) is 1. The van der Waals surface area contributed by atoms with Crippen LogP contribution in [-0.4, -0.2) is 21.6 Å². The minimum Gasteiger partial charge on any atom is -0.378 e. The first-order valence-electron chi connectivity index (χ1n) is 9.71. The van der Waals surface area contributed by atoms with Crippen molar-refractivity contribution in [1.82, 2.24) is 4.68 Å². The average Bonchev–Trinajstić information content (AvgIpc) is 2.71. The topological polar surface area (TPSA) is 54.3 Å². The monoisotopic (exact) mass is 414 g/mol. The summed E-state index contributed by atoms with van der Waals surface area (Å²) >= 11 is 0. The normalized spacial score (nSPS) is 22.8. The molecule has 156 valence electrons. The lowest BCUT2D eigenvalue weighted by molar-refractivity contribution is -0.266. The molecule has 1 aromatic heterocycles. The van der Waals surface area contributed by atoms with Gasteiger partial charge in [0.15, 0.2) is 5.60 Å². The number of fused-ring (bicyclic) bond motifs is 2. The number of nitrogens with zero attached hydrogens (tertiary/aromatic N) is 1.